The molecule has 2 heterocycles. The highest BCUT2D eigenvalue weighted by Crippen LogP contribution is 2.32. The van der Waals surface area contributed by atoms with Gasteiger partial charge >= 0.3 is 0 Å². The molecule has 30 heavy (non-hydrogen) atoms. The normalized spacial score (nSPS) is 17.5. The predicted octanol–water partition coefficient (Wildman–Crippen LogP) is 3.54. The van der Waals surface area contributed by atoms with Crippen molar-refractivity contribution in [3.63, 3.8) is 0 Å². The van der Waals surface area contributed by atoms with Crippen LogP contribution in [0.25, 0.3) is 0 Å². The van der Waals surface area contributed by atoms with Crippen LogP contribution in [0.3, 0.4) is 0 Å². The quantitative estimate of drug-likeness (QED) is 0.757. The third-order valence-electron chi connectivity index (χ3n) is 6.14. The van der Waals surface area contributed by atoms with Gasteiger partial charge < -0.3 is 15.0 Å². The molecule has 0 aliphatic carbocycles. The van der Waals surface area contributed by atoms with Gasteiger partial charge in [0.1, 0.15) is 0 Å². The van der Waals surface area contributed by atoms with Crippen LogP contribution in [0.15, 0.2) is 42.5 Å². The van der Waals surface area contributed by atoms with Crippen molar-refractivity contribution in [3.05, 3.63) is 59.4 Å². The molecule has 0 unspecified atom stereocenters. The molecule has 1 N–H and O–H groups in total. The van der Waals surface area contributed by atoms with Crippen molar-refractivity contribution in [1.29, 1.82) is 0 Å². The highest BCUT2D eigenvalue weighted by atomic mass is 19.1. The molecule has 0 spiro atoms. The maximum absolute atomic E-state index is 13.7. The minimum absolute atomic E-state index is 0.1000. The number of para-hydroxylation sites is 1. The molecular weight excluding hydrogens is 381 g/mol. The molecule has 0 radical (unpaired) electrons. The number of benzene rings is 2. The Morgan fingerprint density at radius 3 is 2.73 bits per heavy atom. The van der Waals surface area contributed by atoms with Gasteiger partial charge in [0, 0.05) is 25.8 Å². The van der Waals surface area contributed by atoms with E-state index in [2.05, 4.69) is 40.4 Å². The number of piperidine rings is 1. The van der Waals surface area contributed by atoms with E-state index in [1.807, 2.05) is 0 Å². The van der Waals surface area contributed by atoms with Crippen molar-refractivity contribution in [3.8, 4) is 5.75 Å². The zero-order chi connectivity index (χ0) is 20.9. The summed E-state index contributed by atoms with van der Waals surface area (Å²) in [6.45, 7) is 3.47. The summed E-state index contributed by atoms with van der Waals surface area (Å²) in [6.07, 6.45) is 4.71. The van der Waals surface area contributed by atoms with E-state index in [0.29, 0.717) is 6.54 Å². The summed E-state index contributed by atoms with van der Waals surface area (Å²) < 4.78 is 19.0. The van der Waals surface area contributed by atoms with Gasteiger partial charge in [0.15, 0.2) is 18.2 Å². The van der Waals surface area contributed by atoms with E-state index in [-0.39, 0.29) is 24.3 Å². The van der Waals surface area contributed by atoms with Gasteiger partial charge in [0.25, 0.3) is 5.91 Å². The molecule has 2 aromatic carbocycles. The number of fused-ring (bicyclic) bond motifs is 1. The largest absolute Gasteiger partial charge is 0.481 e. The van der Waals surface area contributed by atoms with E-state index in [9.17, 15) is 9.18 Å². The Labute approximate surface area is 177 Å². The number of nitrogens with one attached hydrogen (secondary N) is 1. The SMILES string of the molecule is CN1CCc2cc([C@H](CNC(=O)COc3ccccc3F)N3CCCCC3)ccc21. The molecule has 2 aliphatic rings. The predicted molar refractivity (Wildman–Crippen MR) is 116 cm³/mol. The third kappa shape index (κ3) is 4.75. The van der Waals surface area contributed by atoms with Crippen LogP contribution in [0.4, 0.5) is 10.1 Å². The van der Waals surface area contributed by atoms with Crippen LogP contribution in [0.5, 0.6) is 5.75 Å². The first-order chi connectivity index (χ1) is 14.6. The van der Waals surface area contributed by atoms with Crippen LogP contribution >= 0.6 is 0 Å². The molecule has 1 fully saturated rings. The second-order valence-electron chi connectivity index (χ2n) is 8.20. The maximum atomic E-state index is 13.7. The van der Waals surface area contributed by atoms with Crippen molar-refractivity contribution >= 4 is 11.6 Å². The Kier molecular flexibility index (Phi) is 6.53. The molecule has 2 aliphatic heterocycles. The number of rotatable bonds is 7. The van der Waals surface area contributed by atoms with E-state index in [4.69, 9.17) is 4.74 Å². The van der Waals surface area contributed by atoms with Gasteiger partial charge in [0.2, 0.25) is 0 Å². The number of amides is 1. The summed E-state index contributed by atoms with van der Waals surface area (Å²) in [5, 5.41) is 3.01. The molecule has 6 heteroatoms. The second kappa shape index (κ2) is 9.47. The minimum atomic E-state index is -0.459. The van der Waals surface area contributed by atoms with Crippen LogP contribution in [-0.4, -0.2) is 50.6 Å². The molecule has 2 aromatic rings. The minimum Gasteiger partial charge on any atom is -0.481 e. The van der Waals surface area contributed by atoms with E-state index in [1.54, 1.807) is 12.1 Å². The van der Waals surface area contributed by atoms with Crippen LogP contribution in [-0.2, 0) is 11.2 Å². The number of ether oxygens (including phenoxy) is 1. The molecule has 4 rings (SSSR count). The lowest BCUT2D eigenvalue weighted by molar-refractivity contribution is -0.123. The van der Waals surface area contributed by atoms with Crippen molar-refractivity contribution in [2.75, 3.05) is 44.7 Å². The monoisotopic (exact) mass is 411 g/mol. The Morgan fingerprint density at radius 2 is 1.93 bits per heavy atom. The van der Waals surface area contributed by atoms with Gasteiger partial charge in [0.05, 0.1) is 6.04 Å². The summed E-state index contributed by atoms with van der Waals surface area (Å²) in [4.78, 5) is 17.2. The first kappa shape index (κ1) is 20.7. The van der Waals surface area contributed by atoms with Gasteiger partial charge in [-0.25, -0.2) is 4.39 Å². The van der Waals surface area contributed by atoms with Gasteiger partial charge in [-0.2, -0.15) is 0 Å². The van der Waals surface area contributed by atoms with Crippen LogP contribution in [0.1, 0.15) is 36.4 Å². The number of hydrogen-bond acceptors (Lipinski definition) is 4. The van der Waals surface area contributed by atoms with Crippen molar-refractivity contribution in [2.45, 2.75) is 31.7 Å². The zero-order valence-corrected chi connectivity index (χ0v) is 17.6. The van der Waals surface area contributed by atoms with Gasteiger partial charge in [-0.05, 0) is 61.7 Å². The zero-order valence-electron chi connectivity index (χ0n) is 17.6. The highest BCUT2D eigenvalue weighted by molar-refractivity contribution is 5.77. The van der Waals surface area contributed by atoms with Crippen LogP contribution in [0.2, 0.25) is 0 Å². The standard InChI is InChI=1S/C24H30FN3O2/c1-27-14-11-19-15-18(9-10-21(19)27)22(28-12-5-2-6-13-28)16-26-24(29)17-30-23-8-4-3-7-20(23)25/h3-4,7-10,15,22H,2,5-6,11-14,16-17H2,1H3,(H,26,29)/t22-/m0/s1. The molecule has 5 nitrogen and oxygen atoms in total. The second-order valence-corrected chi connectivity index (χ2v) is 8.20. The lowest BCUT2D eigenvalue weighted by Gasteiger charge is -2.35. The first-order valence-electron chi connectivity index (χ1n) is 10.8. The Morgan fingerprint density at radius 1 is 1.13 bits per heavy atom. The fourth-order valence-corrected chi connectivity index (χ4v) is 4.45. The topological polar surface area (TPSA) is 44.8 Å². The number of likely N-dealkylation sites (N-methyl/N-ethyl adjacent to an activating group) is 1. The van der Waals surface area contributed by atoms with Crippen molar-refractivity contribution in [2.24, 2.45) is 0 Å². The van der Waals surface area contributed by atoms with E-state index < -0.39 is 5.82 Å². The number of carbonyl (C=O) groups is 1. The number of halogens is 1. The summed E-state index contributed by atoms with van der Waals surface area (Å²) in [5.41, 5.74) is 3.94. The first-order valence-corrected chi connectivity index (χ1v) is 10.8. The average Bonchev–Trinajstić information content (AvgIpc) is 3.14. The summed E-state index contributed by atoms with van der Waals surface area (Å²) in [7, 11) is 2.13. The molecule has 1 saturated heterocycles. The van der Waals surface area contributed by atoms with Gasteiger partial charge in [-0.1, -0.05) is 30.7 Å². The van der Waals surface area contributed by atoms with E-state index in [1.165, 1.54) is 48.2 Å². The molecule has 1 amide bonds. The molecule has 0 aromatic heterocycles. The Balaban J connectivity index is 1.41. The maximum Gasteiger partial charge on any atom is 0.258 e. The molecule has 0 bridgehead atoms. The van der Waals surface area contributed by atoms with E-state index >= 15 is 0 Å². The molecule has 1 atom stereocenters. The fourth-order valence-electron chi connectivity index (χ4n) is 4.45. The number of nitrogens with zero attached hydrogens (tertiary/aromatic N) is 2. The number of likely N-dealkylation sites (tertiary alicyclic amines) is 1. The fraction of sp³-hybridized carbons (Fsp3) is 0.458. The molecule has 160 valence electrons. The highest BCUT2D eigenvalue weighted by Gasteiger charge is 2.25. The number of carbonyl (C=O) groups excluding carboxylic acids is 1. The number of anilines is 1. The Bertz CT molecular complexity index is 883. The summed E-state index contributed by atoms with van der Waals surface area (Å²) in [6, 6.07) is 13.0. The molecular formula is C24H30FN3O2. The molecule has 0 saturated carbocycles. The van der Waals surface area contributed by atoms with Gasteiger partial charge in [-0.3, -0.25) is 9.69 Å². The lowest BCUT2D eigenvalue weighted by atomic mass is 9.98. The smallest absolute Gasteiger partial charge is 0.258 e. The van der Waals surface area contributed by atoms with Crippen LogP contribution < -0.4 is 15.0 Å². The summed E-state index contributed by atoms with van der Waals surface area (Å²) >= 11 is 0. The summed E-state index contributed by atoms with van der Waals surface area (Å²) in [5.74, 6) is -0.594. The van der Waals surface area contributed by atoms with Crippen LogP contribution in [0, 0.1) is 5.82 Å². The average molecular weight is 412 g/mol. The van der Waals surface area contributed by atoms with Crippen molar-refractivity contribution in [1.82, 2.24) is 10.2 Å². The lowest BCUT2D eigenvalue weighted by Crippen LogP contribution is -2.41. The van der Waals surface area contributed by atoms with E-state index in [0.717, 1.165) is 26.1 Å². The Hall–Kier alpha value is -2.60. The van der Waals surface area contributed by atoms with Gasteiger partial charge in [-0.15, -0.1) is 0 Å². The third-order valence-corrected chi connectivity index (χ3v) is 6.14. The van der Waals surface area contributed by atoms with Crippen molar-refractivity contribution < 1.29 is 13.9 Å². The number of hydrogen-bond donors (Lipinski definition) is 1.